The molecule has 1 aliphatic heterocycles. The molecule has 5 nitrogen and oxygen atoms in total. The van der Waals surface area contributed by atoms with Crippen molar-refractivity contribution >= 4 is 27.6 Å². The summed E-state index contributed by atoms with van der Waals surface area (Å²) in [5.41, 5.74) is 1.03. The summed E-state index contributed by atoms with van der Waals surface area (Å²) in [5.74, 6) is 0. The second-order valence-electron chi connectivity index (χ2n) is 6.72. The number of fused-ring (bicyclic) bond motifs is 1. The van der Waals surface area contributed by atoms with Gasteiger partial charge in [-0.3, -0.25) is 0 Å². The molecule has 1 fully saturated rings. The van der Waals surface area contributed by atoms with Gasteiger partial charge in [0.2, 0.25) is 0 Å². The lowest BCUT2D eigenvalue weighted by atomic mass is 10.0. The number of aromatic nitrogens is 1. The van der Waals surface area contributed by atoms with Gasteiger partial charge in [0.15, 0.2) is 0 Å². The van der Waals surface area contributed by atoms with Gasteiger partial charge in [0.25, 0.3) is 0 Å². The molecule has 3 rings (SSSR count). The van der Waals surface area contributed by atoms with Crippen LogP contribution in [0.15, 0.2) is 24.3 Å². The standard InChI is InChI=1S/C18H26N4OS/c1-13(21(2)3)12-19-18(23)22-11-7-6-9-15(22)17-20-14-8-4-5-10-16(14)24-17/h4-5,8,10,13,15H,6-7,9,11-12H2,1-3H3,(H,19,23)/t13-,15-/m0/s1. The molecule has 2 aromatic rings. The first-order chi connectivity index (χ1) is 11.6. The lowest BCUT2D eigenvalue weighted by molar-refractivity contribution is 0.149. The molecule has 0 aliphatic carbocycles. The molecule has 2 amide bonds. The minimum absolute atomic E-state index is 0.0349. The van der Waals surface area contributed by atoms with Gasteiger partial charge in [-0.05, 0) is 52.4 Å². The van der Waals surface area contributed by atoms with Crippen LogP contribution < -0.4 is 5.32 Å². The first-order valence-corrected chi connectivity index (χ1v) is 9.44. The van der Waals surface area contributed by atoms with Crippen LogP contribution in [-0.2, 0) is 0 Å². The zero-order chi connectivity index (χ0) is 17.1. The molecule has 130 valence electrons. The van der Waals surface area contributed by atoms with Gasteiger partial charge in [-0.25, -0.2) is 9.78 Å². The second kappa shape index (κ2) is 7.49. The van der Waals surface area contributed by atoms with Crippen LogP contribution >= 0.6 is 11.3 Å². The summed E-state index contributed by atoms with van der Waals surface area (Å²) < 4.78 is 1.19. The number of amides is 2. The molecular formula is C18H26N4OS. The van der Waals surface area contributed by atoms with Crippen LogP contribution in [0.25, 0.3) is 10.2 Å². The summed E-state index contributed by atoms with van der Waals surface area (Å²) in [7, 11) is 4.06. The van der Waals surface area contributed by atoms with E-state index in [0.29, 0.717) is 12.6 Å². The first-order valence-electron chi connectivity index (χ1n) is 8.62. The average Bonchev–Trinajstić information content (AvgIpc) is 3.03. The van der Waals surface area contributed by atoms with E-state index < -0.39 is 0 Å². The summed E-state index contributed by atoms with van der Waals surface area (Å²) in [4.78, 5) is 21.6. The number of likely N-dealkylation sites (tertiary alicyclic amines) is 1. The SMILES string of the molecule is C[C@@H](CNC(=O)N1CCCC[C@H]1c1nc2ccccc2s1)N(C)C. The quantitative estimate of drug-likeness (QED) is 0.922. The molecule has 1 aromatic heterocycles. The number of likely N-dealkylation sites (N-methyl/N-ethyl adjacent to an activating group) is 1. The average molecular weight is 347 g/mol. The number of hydrogen-bond donors (Lipinski definition) is 1. The molecule has 1 saturated heterocycles. The highest BCUT2D eigenvalue weighted by Gasteiger charge is 2.30. The Bertz CT molecular complexity index is 666. The molecule has 1 N–H and O–H groups in total. The molecule has 24 heavy (non-hydrogen) atoms. The minimum atomic E-state index is 0.0349. The van der Waals surface area contributed by atoms with E-state index in [9.17, 15) is 4.79 Å². The van der Waals surface area contributed by atoms with E-state index in [-0.39, 0.29) is 12.1 Å². The Morgan fingerprint density at radius 2 is 2.21 bits per heavy atom. The summed E-state index contributed by atoms with van der Waals surface area (Å²) >= 11 is 1.71. The number of urea groups is 1. The summed E-state index contributed by atoms with van der Waals surface area (Å²) in [5, 5.41) is 4.15. The molecule has 0 radical (unpaired) electrons. The largest absolute Gasteiger partial charge is 0.336 e. The Hall–Kier alpha value is -1.66. The molecule has 1 aliphatic rings. The Morgan fingerprint density at radius 1 is 1.42 bits per heavy atom. The maximum Gasteiger partial charge on any atom is 0.318 e. The van der Waals surface area contributed by atoms with E-state index in [1.165, 1.54) is 4.70 Å². The number of rotatable bonds is 4. The van der Waals surface area contributed by atoms with Gasteiger partial charge in [0, 0.05) is 19.1 Å². The van der Waals surface area contributed by atoms with Gasteiger partial charge in [-0.15, -0.1) is 11.3 Å². The first kappa shape index (κ1) is 17.2. The highest BCUT2D eigenvalue weighted by Crippen LogP contribution is 2.35. The number of nitrogens with zero attached hydrogens (tertiary/aromatic N) is 3. The van der Waals surface area contributed by atoms with Crippen LogP contribution in [-0.4, -0.2) is 54.0 Å². The van der Waals surface area contributed by atoms with Crippen LogP contribution in [0.5, 0.6) is 0 Å². The van der Waals surface area contributed by atoms with Gasteiger partial charge < -0.3 is 15.1 Å². The zero-order valence-corrected chi connectivity index (χ0v) is 15.5. The number of thiazole rings is 1. The third kappa shape index (κ3) is 3.70. The van der Waals surface area contributed by atoms with Crippen molar-refractivity contribution in [2.24, 2.45) is 0 Å². The summed E-state index contributed by atoms with van der Waals surface area (Å²) in [6.07, 6.45) is 3.22. The van der Waals surface area contributed by atoms with Crippen LogP contribution in [0.4, 0.5) is 4.79 Å². The topological polar surface area (TPSA) is 48.5 Å². The molecule has 2 atom stereocenters. The lowest BCUT2D eigenvalue weighted by Gasteiger charge is -2.35. The van der Waals surface area contributed by atoms with E-state index in [1.54, 1.807) is 11.3 Å². The van der Waals surface area contributed by atoms with Crippen LogP contribution in [0.2, 0.25) is 0 Å². The number of piperidine rings is 1. The number of carbonyl (C=O) groups is 1. The Labute approximate surface area is 147 Å². The van der Waals surface area contributed by atoms with Gasteiger partial charge in [0.05, 0.1) is 16.3 Å². The second-order valence-corrected chi connectivity index (χ2v) is 7.79. The number of hydrogen-bond acceptors (Lipinski definition) is 4. The highest BCUT2D eigenvalue weighted by atomic mass is 32.1. The Kier molecular flexibility index (Phi) is 5.36. The molecule has 1 aromatic carbocycles. The fourth-order valence-corrected chi connectivity index (χ4v) is 4.10. The van der Waals surface area contributed by atoms with E-state index in [2.05, 4.69) is 23.2 Å². The third-order valence-electron chi connectivity index (χ3n) is 4.79. The van der Waals surface area contributed by atoms with Crippen LogP contribution in [0.3, 0.4) is 0 Å². The number of para-hydroxylation sites is 1. The van der Waals surface area contributed by atoms with Crippen molar-refractivity contribution in [2.75, 3.05) is 27.2 Å². The Morgan fingerprint density at radius 3 is 2.96 bits per heavy atom. The molecule has 2 heterocycles. The monoisotopic (exact) mass is 346 g/mol. The molecule has 0 saturated carbocycles. The van der Waals surface area contributed by atoms with Crippen molar-refractivity contribution in [3.63, 3.8) is 0 Å². The van der Waals surface area contributed by atoms with E-state index in [0.717, 1.165) is 36.3 Å². The fraction of sp³-hybridized carbons (Fsp3) is 0.556. The zero-order valence-electron chi connectivity index (χ0n) is 14.7. The van der Waals surface area contributed by atoms with Gasteiger partial charge in [-0.2, -0.15) is 0 Å². The normalized spacial score (nSPS) is 19.7. The van der Waals surface area contributed by atoms with Crippen molar-refractivity contribution in [3.8, 4) is 0 Å². The maximum atomic E-state index is 12.7. The smallest absolute Gasteiger partial charge is 0.318 e. The van der Waals surface area contributed by atoms with Gasteiger partial charge >= 0.3 is 6.03 Å². The molecule has 0 unspecified atom stereocenters. The van der Waals surface area contributed by atoms with Gasteiger partial charge in [-0.1, -0.05) is 12.1 Å². The summed E-state index contributed by atoms with van der Waals surface area (Å²) in [6, 6.07) is 8.65. The summed E-state index contributed by atoms with van der Waals surface area (Å²) in [6.45, 7) is 3.58. The predicted molar refractivity (Wildman–Crippen MR) is 99.5 cm³/mol. The fourth-order valence-electron chi connectivity index (χ4n) is 2.98. The number of nitrogens with one attached hydrogen (secondary N) is 1. The van der Waals surface area contributed by atoms with Crippen LogP contribution in [0.1, 0.15) is 37.2 Å². The van der Waals surface area contributed by atoms with Crippen molar-refractivity contribution in [1.82, 2.24) is 20.1 Å². The molecular weight excluding hydrogens is 320 g/mol. The number of carbonyl (C=O) groups excluding carboxylic acids is 1. The predicted octanol–water partition coefficient (Wildman–Crippen LogP) is 3.48. The van der Waals surface area contributed by atoms with E-state index in [1.807, 2.05) is 37.2 Å². The van der Waals surface area contributed by atoms with Crippen LogP contribution in [0, 0.1) is 0 Å². The van der Waals surface area contributed by atoms with Crippen molar-refractivity contribution in [3.05, 3.63) is 29.3 Å². The van der Waals surface area contributed by atoms with Crippen molar-refractivity contribution in [1.29, 1.82) is 0 Å². The van der Waals surface area contributed by atoms with Crippen molar-refractivity contribution < 1.29 is 4.79 Å². The number of benzene rings is 1. The lowest BCUT2D eigenvalue weighted by Crippen LogP contribution is -2.47. The molecule has 6 heteroatoms. The van der Waals surface area contributed by atoms with E-state index >= 15 is 0 Å². The maximum absolute atomic E-state index is 12.7. The minimum Gasteiger partial charge on any atom is -0.336 e. The third-order valence-corrected chi connectivity index (χ3v) is 5.93. The molecule has 0 bridgehead atoms. The Balaban J connectivity index is 1.74. The molecule has 0 spiro atoms. The van der Waals surface area contributed by atoms with Crippen molar-refractivity contribution in [2.45, 2.75) is 38.3 Å². The van der Waals surface area contributed by atoms with Gasteiger partial charge in [0.1, 0.15) is 5.01 Å². The highest BCUT2D eigenvalue weighted by molar-refractivity contribution is 7.18. The van der Waals surface area contributed by atoms with E-state index in [4.69, 9.17) is 4.98 Å².